The summed E-state index contributed by atoms with van der Waals surface area (Å²) in [5.41, 5.74) is -4.35. The summed E-state index contributed by atoms with van der Waals surface area (Å²) in [4.78, 5) is 19.1. The van der Waals surface area contributed by atoms with Gasteiger partial charge in [0.15, 0.2) is 21.3 Å². The first-order valence-corrected chi connectivity index (χ1v) is 24.3. The summed E-state index contributed by atoms with van der Waals surface area (Å²) in [5, 5.41) is 9.24. The number of sulfonamides is 1. The Balaban J connectivity index is 1.39. The molecule has 2 aromatic carbocycles. The Morgan fingerprint density at radius 2 is 1.63 bits per heavy atom. The lowest BCUT2D eigenvalue weighted by molar-refractivity contribution is -0.143. The Kier molecular flexibility index (Phi) is 11.7. The lowest BCUT2D eigenvalue weighted by atomic mass is 9.84. The van der Waals surface area contributed by atoms with Crippen LogP contribution >= 0.6 is 11.6 Å². The zero-order chi connectivity index (χ0) is 49.8. The SMILES string of the molecule is CC(C)(C#Cc1nc([C@H](Cc2cc(F)cc(F)c2)NC(=O)Cn2nc(C(F)(F)F)c3c2C(F)(F)[C@@H]2C#C[C@H]32)c(-c2ccc(Cl)c3c(NS(C)(=O)=O)nn(CC(F)(F)F)c23)c2c1CCC2)S(C)(=O)=O. The van der Waals surface area contributed by atoms with E-state index in [1.165, 1.54) is 26.0 Å². The third-order valence-electron chi connectivity index (χ3n) is 11.7. The van der Waals surface area contributed by atoms with Gasteiger partial charge in [0.05, 0.1) is 39.8 Å². The van der Waals surface area contributed by atoms with Gasteiger partial charge in [-0.05, 0) is 80.3 Å². The molecular formula is C43H34ClF10N7O5S2. The number of anilines is 1. The maximum Gasteiger partial charge on any atom is 0.435 e. The van der Waals surface area contributed by atoms with E-state index in [1.807, 2.05) is 0 Å². The van der Waals surface area contributed by atoms with Gasteiger partial charge in [0.2, 0.25) is 15.9 Å². The molecule has 0 radical (unpaired) electrons. The molecule has 3 atom stereocenters. The van der Waals surface area contributed by atoms with Crippen LogP contribution in [0.15, 0.2) is 30.3 Å². The van der Waals surface area contributed by atoms with E-state index < -0.39 is 126 Å². The Bertz CT molecular complexity index is 3320. The zero-order valence-corrected chi connectivity index (χ0v) is 38.0. The summed E-state index contributed by atoms with van der Waals surface area (Å²) in [5.74, 6) is -1.57. The minimum atomic E-state index is -5.26. The van der Waals surface area contributed by atoms with Crippen molar-refractivity contribution < 1.29 is 65.5 Å². The largest absolute Gasteiger partial charge is 0.435 e. The van der Waals surface area contributed by atoms with E-state index in [-0.39, 0.29) is 56.0 Å². The minimum Gasteiger partial charge on any atom is -0.346 e. The number of alkyl halides is 8. The second kappa shape index (κ2) is 16.4. The maximum atomic E-state index is 15.7. The molecule has 0 saturated heterocycles. The summed E-state index contributed by atoms with van der Waals surface area (Å²) >= 11 is 6.58. The molecule has 2 N–H and O–H groups in total. The third kappa shape index (κ3) is 8.97. The van der Waals surface area contributed by atoms with Crippen molar-refractivity contribution in [3.05, 3.63) is 92.0 Å². The van der Waals surface area contributed by atoms with E-state index in [2.05, 4.69) is 43.9 Å². The lowest BCUT2D eigenvalue weighted by Crippen LogP contribution is -2.36. The molecule has 12 nitrogen and oxygen atoms in total. The monoisotopic (exact) mass is 1020 g/mol. The molecule has 0 saturated carbocycles. The Morgan fingerprint density at radius 3 is 2.22 bits per heavy atom. The van der Waals surface area contributed by atoms with E-state index in [0.717, 1.165) is 18.4 Å². The van der Waals surface area contributed by atoms with Gasteiger partial charge in [-0.2, -0.15) is 45.3 Å². The summed E-state index contributed by atoms with van der Waals surface area (Å²) in [6.07, 6.45) is -8.59. The predicted molar refractivity (Wildman–Crippen MR) is 226 cm³/mol. The van der Waals surface area contributed by atoms with E-state index >= 15 is 8.78 Å². The summed E-state index contributed by atoms with van der Waals surface area (Å²) in [7, 11) is -8.10. The predicted octanol–water partition coefficient (Wildman–Crippen LogP) is 7.76. The van der Waals surface area contributed by atoms with E-state index in [9.17, 15) is 56.8 Å². The molecule has 0 spiro atoms. The van der Waals surface area contributed by atoms with Gasteiger partial charge >= 0.3 is 18.3 Å². The van der Waals surface area contributed by atoms with Gasteiger partial charge in [-0.3, -0.25) is 18.9 Å². The van der Waals surface area contributed by atoms with Gasteiger partial charge in [-0.25, -0.2) is 30.6 Å². The number of fused-ring (bicyclic) bond motifs is 5. The second-order valence-electron chi connectivity index (χ2n) is 17.1. The van der Waals surface area contributed by atoms with Crippen LogP contribution < -0.4 is 10.0 Å². The molecule has 3 aliphatic carbocycles. The highest BCUT2D eigenvalue weighted by molar-refractivity contribution is 7.92. The van der Waals surface area contributed by atoms with Crippen LogP contribution in [0.4, 0.5) is 49.7 Å². The van der Waals surface area contributed by atoms with Crippen molar-refractivity contribution >= 4 is 54.1 Å². The fourth-order valence-electron chi connectivity index (χ4n) is 8.59. The molecule has 25 heteroatoms. The average Bonchev–Trinajstić information content (AvgIpc) is 3.90. The molecule has 8 rings (SSSR count). The third-order valence-corrected chi connectivity index (χ3v) is 14.6. The molecular weight excluding hydrogens is 984 g/mol. The fourth-order valence-corrected chi connectivity index (χ4v) is 9.56. The van der Waals surface area contributed by atoms with Crippen LogP contribution in [0.1, 0.15) is 77.3 Å². The number of carbonyl (C=O) groups is 1. The van der Waals surface area contributed by atoms with Crippen molar-refractivity contribution in [2.45, 2.75) is 87.6 Å². The topological polar surface area (TPSA) is 158 Å². The van der Waals surface area contributed by atoms with Crippen LogP contribution in [-0.2, 0) is 69.1 Å². The number of aromatic nitrogens is 5. The van der Waals surface area contributed by atoms with Crippen LogP contribution in [0.3, 0.4) is 0 Å². The number of halogens is 11. The molecule has 0 aliphatic heterocycles. The van der Waals surface area contributed by atoms with Crippen LogP contribution in [0.25, 0.3) is 22.0 Å². The number of amides is 1. The van der Waals surface area contributed by atoms with Crippen LogP contribution in [0.5, 0.6) is 0 Å². The van der Waals surface area contributed by atoms with Gasteiger partial charge in [-0.15, -0.1) is 0 Å². The average molecular weight is 1020 g/mol. The highest BCUT2D eigenvalue weighted by Gasteiger charge is 2.62. The van der Waals surface area contributed by atoms with Crippen molar-refractivity contribution in [3.63, 3.8) is 0 Å². The highest BCUT2D eigenvalue weighted by Crippen LogP contribution is 2.58. The first-order valence-electron chi connectivity index (χ1n) is 20.2. The smallest absolute Gasteiger partial charge is 0.346 e. The van der Waals surface area contributed by atoms with Crippen molar-refractivity contribution in [1.82, 2.24) is 29.9 Å². The Hall–Kier alpha value is -5.85. The quantitative estimate of drug-likeness (QED) is 0.100. The van der Waals surface area contributed by atoms with Gasteiger partial charge in [0.25, 0.3) is 0 Å². The minimum absolute atomic E-state index is 0.0527. The van der Waals surface area contributed by atoms with Crippen molar-refractivity contribution in [3.8, 4) is 34.8 Å². The van der Waals surface area contributed by atoms with E-state index in [0.29, 0.717) is 34.6 Å². The molecule has 3 aromatic heterocycles. The van der Waals surface area contributed by atoms with Crippen molar-refractivity contribution in [2.24, 2.45) is 5.92 Å². The van der Waals surface area contributed by atoms with Gasteiger partial charge in [-0.1, -0.05) is 35.4 Å². The van der Waals surface area contributed by atoms with Crippen molar-refractivity contribution in [2.75, 3.05) is 17.2 Å². The number of hydrogen-bond acceptors (Lipinski definition) is 8. The number of pyridine rings is 1. The molecule has 0 unspecified atom stereocenters. The first-order chi connectivity index (χ1) is 31.3. The Labute approximate surface area is 385 Å². The number of sulfone groups is 1. The molecule has 5 aromatic rings. The summed E-state index contributed by atoms with van der Waals surface area (Å²) in [6, 6.07) is 3.00. The number of carbonyl (C=O) groups excluding carboxylic acids is 1. The second-order valence-corrected chi connectivity index (χ2v) is 21.8. The number of nitrogens with one attached hydrogen (secondary N) is 2. The highest BCUT2D eigenvalue weighted by atomic mass is 35.5. The van der Waals surface area contributed by atoms with E-state index in [1.54, 1.807) is 0 Å². The number of nitrogens with zero attached hydrogens (tertiary/aromatic N) is 5. The Morgan fingerprint density at radius 1 is 0.971 bits per heavy atom. The standard InChI is InChI=1S/C43H34ClF10N7O5S2/c1-40(2,67(3,63)64)13-12-29-23-6-5-7-24(23)32(26-9-11-28(44)34-36(26)61(19-41(47,48)49)58-39(34)59-68(4,65)66)35(56-29)30(16-20-14-21(45)17-22(46)15-20)55-31(62)18-60-38-33(37(57-60)43(52,53)54)25-8-10-27(25)42(38,50)51/h9,11,14-15,17,25,27,30H,5-7,16,18-19H2,1-4H3,(H,55,62)(H,58,59)/t25-,27+,30-/m0/s1. The number of rotatable bonds is 11. The maximum absolute atomic E-state index is 15.7. The zero-order valence-electron chi connectivity index (χ0n) is 35.6. The fraction of sp³-hybridized carbons (Fsp3) is 0.395. The normalized spacial score (nSPS) is 17.9. The van der Waals surface area contributed by atoms with Gasteiger partial charge in [0.1, 0.15) is 46.8 Å². The van der Waals surface area contributed by atoms with Crippen molar-refractivity contribution in [1.29, 1.82) is 0 Å². The molecule has 0 bridgehead atoms. The number of hydrogen-bond donors (Lipinski definition) is 2. The van der Waals surface area contributed by atoms with Gasteiger partial charge in [0, 0.05) is 29.0 Å². The first kappa shape index (κ1) is 48.6. The van der Waals surface area contributed by atoms with Crippen LogP contribution in [0.2, 0.25) is 5.02 Å². The molecule has 1 amide bonds. The molecule has 3 heterocycles. The van der Waals surface area contributed by atoms with Crippen LogP contribution in [0, 0.1) is 41.2 Å². The summed E-state index contributed by atoms with van der Waals surface area (Å²) < 4.78 is 199. The number of benzene rings is 2. The molecule has 68 heavy (non-hydrogen) atoms. The lowest BCUT2D eigenvalue weighted by Gasteiger charge is -2.26. The summed E-state index contributed by atoms with van der Waals surface area (Å²) in [6.45, 7) is -0.511. The van der Waals surface area contributed by atoms with Crippen LogP contribution in [-0.4, -0.2) is 70.7 Å². The van der Waals surface area contributed by atoms with E-state index in [4.69, 9.17) is 16.6 Å². The van der Waals surface area contributed by atoms with Gasteiger partial charge < -0.3 is 5.32 Å². The molecule has 3 aliphatic rings. The molecule has 360 valence electrons. The molecule has 0 fully saturated rings.